The summed E-state index contributed by atoms with van der Waals surface area (Å²) in [5.41, 5.74) is 3.01. The number of aromatic nitrogens is 2. The van der Waals surface area contributed by atoms with Gasteiger partial charge < -0.3 is 5.32 Å². The maximum atomic E-state index is 11.2. The maximum absolute atomic E-state index is 11.2. The molecule has 0 bridgehead atoms. The molecule has 3 rings (SSSR count). The average Bonchev–Trinajstić information content (AvgIpc) is 3.19. The van der Waals surface area contributed by atoms with E-state index in [2.05, 4.69) is 17.3 Å². The molecule has 0 aliphatic heterocycles. The quantitative estimate of drug-likeness (QED) is 0.530. The van der Waals surface area contributed by atoms with Gasteiger partial charge in [-0.25, -0.2) is 0 Å². The Morgan fingerprint density at radius 2 is 2.08 bits per heavy atom. The van der Waals surface area contributed by atoms with Gasteiger partial charge >= 0.3 is 0 Å². The highest BCUT2D eigenvalue weighted by atomic mass is 32.1. The molecule has 7 heteroatoms. The SMILES string of the molecule is Cc1nn(C)cc1C(C)NCc1ccc(-c2ccccc2[N+](=O)[O-])s1. The van der Waals surface area contributed by atoms with E-state index >= 15 is 0 Å². The van der Waals surface area contributed by atoms with Gasteiger partial charge in [0.2, 0.25) is 0 Å². The predicted octanol–water partition coefficient (Wildman–Crippen LogP) is 4.22. The summed E-state index contributed by atoms with van der Waals surface area (Å²) in [5, 5.41) is 19.1. The molecule has 3 aromatic rings. The number of nitrogens with one attached hydrogen (secondary N) is 1. The van der Waals surface area contributed by atoms with Crippen LogP contribution < -0.4 is 5.32 Å². The lowest BCUT2D eigenvalue weighted by Gasteiger charge is -2.12. The molecule has 0 amide bonds. The molecule has 0 spiro atoms. The highest BCUT2D eigenvalue weighted by Crippen LogP contribution is 2.34. The summed E-state index contributed by atoms with van der Waals surface area (Å²) in [5.74, 6) is 0. The van der Waals surface area contributed by atoms with E-state index in [-0.39, 0.29) is 16.7 Å². The molecule has 2 aromatic heterocycles. The van der Waals surface area contributed by atoms with Gasteiger partial charge in [-0.1, -0.05) is 12.1 Å². The first-order chi connectivity index (χ1) is 12.0. The number of nitro groups is 1. The Kier molecular flexibility index (Phi) is 4.96. The third-order valence-corrected chi connectivity index (χ3v) is 5.25. The van der Waals surface area contributed by atoms with E-state index in [1.54, 1.807) is 29.5 Å². The number of nitro benzene ring substituents is 1. The Morgan fingerprint density at radius 1 is 1.32 bits per heavy atom. The third-order valence-electron chi connectivity index (χ3n) is 4.13. The molecule has 0 aliphatic rings. The van der Waals surface area contributed by atoms with E-state index in [0.29, 0.717) is 12.1 Å². The number of para-hydroxylation sites is 1. The molecule has 0 saturated heterocycles. The predicted molar refractivity (Wildman–Crippen MR) is 99.6 cm³/mol. The van der Waals surface area contributed by atoms with Gasteiger partial charge in [-0.2, -0.15) is 5.10 Å². The van der Waals surface area contributed by atoms with Crippen LogP contribution in [-0.4, -0.2) is 14.7 Å². The van der Waals surface area contributed by atoms with Gasteiger partial charge in [-0.3, -0.25) is 14.8 Å². The van der Waals surface area contributed by atoms with Crippen LogP contribution in [0.2, 0.25) is 0 Å². The van der Waals surface area contributed by atoms with Crippen molar-refractivity contribution >= 4 is 17.0 Å². The number of hydrogen-bond donors (Lipinski definition) is 1. The lowest BCUT2D eigenvalue weighted by Crippen LogP contribution is -2.17. The Balaban J connectivity index is 1.72. The first-order valence-electron chi connectivity index (χ1n) is 8.01. The second kappa shape index (κ2) is 7.16. The van der Waals surface area contributed by atoms with E-state index in [0.717, 1.165) is 15.4 Å². The third kappa shape index (κ3) is 3.78. The lowest BCUT2D eigenvalue weighted by atomic mass is 10.1. The molecule has 0 fully saturated rings. The van der Waals surface area contributed by atoms with Gasteiger partial charge in [0.05, 0.1) is 16.2 Å². The van der Waals surface area contributed by atoms with Crippen molar-refractivity contribution in [2.75, 3.05) is 0 Å². The fraction of sp³-hybridized carbons (Fsp3) is 0.278. The second-order valence-corrected chi connectivity index (χ2v) is 7.15. The average molecular weight is 356 g/mol. The summed E-state index contributed by atoms with van der Waals surface area (Å²) < 4.78 is 1.82. The topological polar surface area (TPSA) is 73.0 Å². The van der Waals surface area contributed by atoms with Crippen molar-refractivity contribution in [1.29, 1.82) is 0 Å². The summed E-state index contributed by atoms with van der Waals surface area (Å²) in [4.78, 5) is 12.9. The fourth-order valence-electron chi connectivity index (χ4n) is 2.87. The van der Waals surface area contributed by atoms with Gasteiger partial charge in [-0.05, 0) is 32.0 Å². The number of aryl methyl sites for hydroxylation is 2. The maximum Gasteiger partial charge on any atom is 0.278 e. The summed E-state index contributed by atoms with van der Waals surface area (Å²) in [6.45, 7) is 4.83. The molecule has 0 saturated carbocycles. The molecule has 1 aromatic carbocycles. The van der Waals surface area contributed by atoms with E-state index in [4.69, 9.17) is 0 Å². The number of benzene rings is 1. The van der Waals surface area contributed by atoms with E-state index in [9.17, 15) is 10.1 Å². The van der Waals surface area contributed by atoms with Gasteiger partial charge in [-0.15, -0.1) is 11.3 Å². The van der Waals surface area contributed by atoms with Gasteiger partial charge in [0, 0.05) is 47.2 Å². The minimum atomic E-state index is -0.333. The van der Waals surface area contributed by atoms with Crippen LogP contribution in [0.4, 0.5) is 5.69 Å². The molecule has 2 heterocycles. The molecule has 0 radical (unpaired) electrons. The van der Waals surface area contributed by atoms with Crippen molar-refractivity contribution in [2.24, 2.45) is 7.05 Å². The Morgan fingerprint density at radius 3 is 2.76 bits per heavy atom. The standard InChI is InChI=1S/C18H20N4O2S/c1-12(16-11-21(3)20-13(16)2)19-10-14-8-9-18(25-14)15-6-4-5-7-17(15)22(23)24/h4-9,11-12,19H,10H2,1-3H3. The number of nitrogens with zero attached hydrogens (tertiary/aromatic N) is 3. The van der Waals surface area contributed by atoms with Crippen LogP contribution >= 0.6 is 11.3 Å². The zero-order valence-electron chi connectivity index (χ0n) is 14.4. The van der Waals surface area contributed by atoms with E-state index in [1.807, 2.05) is 43.0 Å². The molecule has 0 aliphatic carbocycles. The molecular formula is C18H20N4O2S. The smallest absolute Gasteiger partial charge is 0.278 e. The van der Waals surface area contributed by atoms with Crippen molar-refractivity contribution in [1.82, 2.24) is 15.1 Å². The van der Waals surface area contributed by atoms with Gasteiger partial charge in [0.25, 0.3) is 5.69 Å². The molecule has 1 N–H and O–H groups in total. The molecule has 25 heavy (non-hydrogen) atoms. The van der Waals surface area contributed by atoms with Gasteiger partial charge in [0.1, 0.15) is 0 Å². The fourth-order valence-corrected chi connectivity index (χ4v) is 3.86. The highest BCUT2D eigenvalue weighted by molar-refractivity contribution is 7.15. The van der Waals surface area contributed by atoms with Crippen molar-refractivity contribution in [3.05, 3.63) is 68.8 Å². The molecule has 1 atom stereocenters. The second-order valence-electron chi connectivity index (χ2n) is 5.99. The number of thiophene rings is 1. The Hall–Kier alpha value is -2.51. The number of hydrogen-bond acceptors (Lipinski definition) is 5. The molecule has 1 unspecified atom stereocenters. The monoisotopic (exact) mass is 356 g/mol. The van der Waals surface area contributed by atoms with Crippen LogP contribution in [0.25, 0.3) is 10.4 Å². The first-order valence-corrected chi connectivity index (χ1v) is 8.83. The summed E-state index contributed by atoms with van der Waals surface area (Å²) in [6.07, 6.45) is 2.03. The van der Waals surface area contributed by atoms with Crippen LogP contribution in [0, 0.1) is 17.0 Å². The Labute approximate surface area is 150 Å². The molecule has 130 valence electrons. The zero-order valence-corrected chi connectivity index (χ0v) is 15.2. The minimum Gasteiger partial charge on any atom is -0.305 e. The summed E-state index contributed by atoms with van der Waals surface area (Å²) in [6, 6.07) is 11.0. The van der Waals surface area contributed by atoms with Crippen LogP contribution in [0.15, 0.2) is 42.6 Å². The summed E-state index contributed by atoms with van der Waals surface area (Å²) in [7, 11) is 1.92. The molecule has 6 nitrogen and oxygen atoms in total. The lowest BCUT2D eigenvalue weighted by molar-refractivity contribution is -0.384. The van der Waals surface area contributed by atoms with E-state index in [1.165, 1.54) is 5.56 Å². The first kappa shape index (κ1) is 17.3. The molecular weight excluding hydrogens is 336 g/mol. The van der Waals surface area contributed by atoms with Crippen LogP contribution in [-0.2, 0) is 13.6 Å². The van der Waals surface area contributed by atoms with Crippen LogP contribution in [0.1, 0.15) is 29.1 Å². The zero-order chi connectivity index (χ0) is 18.0. The van der Waals surface area contributed by atoms with E-state index < -0.39 is 0 Å². The highest BCUT2D eigenvalue weighted by Gasteiger charge is 2.16. The van der Waals surface area contributed by atoms with Crippen molar-refractivity contribution < 1.29 is 4.92 Å². The number of rotatable bonds is 6. The van der Waals surface area contributed by atoms with Crippen molar-refractivity contribution in [3.63, 3.8) is 0 Å². The van der Waals surface area contributed by atoms with Crippen molar-refractivity contribution in [2.45, 2.75) is 26.4 Å². The van der Waals surface area contributed by atoms with Crippen molar-refractivity contribution in [3.8, 4) is 10.4 Å². The van der Waals surface area contributed by atoms with Crippen LogP contribution in [0.3, 0.4) is 0 Å². The Bertz CT molecular complexity index is 900. The summed E-state index contributed by atoms with van der Waals surface area (Å²) >= 11 is 1.58. The normalized spacial score (nSPS) is 12.3. The minimum absolute atomic E-state index is 0.142. The largest absolute Gasteiger partial charge is 0.305 e. The van der Waals surface area contributed by atoms with Crippen LogP contribution in [0.5, 0.6) is 0 Å². The van der Waals surface area contributed by atoms with Gasteiger partial charge in [0.15, 0.2) is 0 Å².